The van der Waals surface area contributed by atoms with Crippen LogP contribution in [0.25, 0.3) is 0 Å². The van der Waals surface area contributed by atoms with Crippen molar-refractivity contribution < 1.29 is 13.5 Å². The van der Waals surface area contributed by atoms with Crippen LogP contribution in [-0.4, -0.2) is 36.4 Å². The number of aliphatic hydroxyl groups is 1. The lowest BCUT2D eigenvalue weighted by Gasteiger charge is -2.08. The van der Waals surface area contributed by atoms with Crippen LogP contribution < -0.4 is 4.72 Å². The Bertz CT molecular complexity index is 374. The smallest absolute Gasteiger partial charge is 0.243 e. The van der Waals surface area contributed by atoms with Crippen LogP contribution in [0.2, 0.25) is 0 Å². The number of H-pyrrole nitrogens is 1. The van der Waals surface area contributed by atoms with Gasteiger partial charge in [-0.2, -0.15) is 5.10 Å². The van der Waals surface area contributed by atoms with Crippen LogP contribution in [0.3, 0.4) is 0 Å². The van der Waals surface area contributed by atoms with Gasteiger partial charge in [-0.1, -0.05) is 6.92 Å². The molecule has 1 aromatic heterocycles. The van der Waals surface area contributed by atoms with Gasteiger partial charge < -0.3 is 5.11 Å². The molecule has 7 heteroatoms. The van der Waals surface area contributed by atoms with E-state index >= 15 is 0 Å². The fraction of sp³-hybridized carbons (Fsp3) is 0.625. The summed E-state index contributed by atoms with van der Waals surface area (Å²) in [5.74, 6) is 0. The van der Waals surface area contributed by atoms with Crippen LogP contribution in [0.5, 0.6) is 0 Å². The minimum atomic E-state index is -3.48. The number of nitrogens with one attached hydrogen (secondary N) is 2. The van der Waals surface area contributed by atoms with Crippen molar-refractivity contribution in [1.29, 1.82) is 0 Å². The minimum Gasteiger partial charge on any atom is -0.393 e. The molecule has 0 amide bonds. The molecular weight excluding hydrogens is 218 g/mol. The fourth-order valence-electron chi connectivity index (χ4n) is 1.03. The Morgan fingerprint density at radius 3 is 2.93 bits per heavy atom. The Balaban J connectivity index is 2.45. The number of hydrogen-bond donors (Lipinski definition) is 3. The summed E-state index contributed by atoms with van der Waals surface area (Å²) in [5, 5.41) is 15.2. The van der Waals surface area contributed by atoms with Gasteiger partial charge in [-0.15, -0.1) is 0 Å². The van der Waals surface area contributed by atoms with Gasteiger partial charge in [0.25, 0.3) is 0 Å². The molecular formula is C8H15N3O3S. The van der Waals surface area contributed by atoms with E-state index in [4.69, 9.17) is 0 Å². The molecule has 0 fully saturated rings. The predicted octanol–water partition coefficient (Wildman–Crippen LogP) is -0.151. The van der Waals surface area contributed by atoms with Gasteiger partial charge in [-0.05, 0) is 12.8 Å². The lowest BCUT2D eigenvalue weighted by Crippen LogP contribution is -2.26. The molecule has 3 N–H and O–H groups in total. The highest BCUT2D eigenvalue weighted by Gasteiger charge is 2.14. The van der Waals surface area contributed by atoms with E-state index in [2.05, 4.69) is 14.9 Å². The first-order valence-corrected chi connectivity index (χ1v) is 6.21. The van der Waals surface area contributed by atoms with Crippen LogP contribution >= 0.6 is 0 Å². The summed E-state index contributed by atoms with van der Waals surface area (Å²) in [4.78, 5) is 0.105. The Kier molecular flexibility index (Phi) is 4.25. The maximum absolute atomic E-state index is 11.5. The lowest BCUT2D eigenvalue weighted by atomic mass is 10.2. The molecule has 1 rings (SSSR count). The second-order valence-electron chi connectivity index (χ2n) is 3.18. The van der Waals surface area contributed by atoms with E-state index in [1.54, 1.807) is 0 Å². The van der Waals surface area contributed by atoms with Gasteiger partial charge in [0, 0.05) is 12.7 Å². The fourth-order valence-corrected chi connectivity index (χ4v) is 1.99. The highest BCUT2D eigenvalue weighted by Crippen LogP contribution is 2.04. The van der Waals surface area contributed by atoms with Gasteiger partial charge in [0.2, 0.25) is 10.0 Å². The van der Waals surface area contributed by atoms with Crippen LogP contribution in [0.15, 0.2) is 17.3 Å². The molecule has 0 saturated carbocycles. The summed E-state index contributed by atoms with van der Waals surface area (Å²) >= 11 is 0. The highest BCUT2D eigenvalue weighted by atomic mass is 32.2. The maximum atomic E-state index is 11.5. The molecule has 0 radical (unpaired) electrons. The number of aromatic nitrogens is 2. The van der Waals surface area contributed by atoms with Gasteiger partial charge >= 0.3 is 0 Å². The third kappa shape index (κ3) is 3.61. The summed E-state index contributed by atoms with van der Waals surface area (Å²) in [6, 6.07) is 0. The summed E-state index contributed by atoms with van der Waals surface area (Å²) in [6.07, 6.45) is 3.11. The van der Waals surface area contributed by atoms with E-state index in [1.165, 1.54) is 12.4 Å². The number of aromatic amines is 1. The second-order valence-corrected chi connectivity index (χ2v) is 4.95. The maximum Gasteiger partial charge on any atom is 0.243 e. The van der Waals surface area contributed by atoms with Crippen LogP contribution in [0.4, 0.5) is 0 Å². The average Bonchev–Trinajstić information content (AvgIpc) is 2.70. The van der Waals surface area contributed by atoms with Gasteiger partial charge in [0.05, 0.1) is 12.3 Å². The van der Waals surface area contributed by atoms with Gasteiger partial charge in [-0.25, -0.2) is 13.1 Å². The monoisotopic (exact) mass is 233 g/mol. The first-order chi connectivity index (χ1) is 7.06. The van der Waals surface area contributed by atoms with Crippen molar-refractivity contribution in [3.05, 3.63) is 12.4 Å². The normalized spacial score (nSPS) is 14.0. The zero-order valence-electron chi connectivity index (χ0n) is 8.47. The summed E-state index contributed by atoms with van der Waals surface area (Å²) in [6.45, 7) is 2.07. The van der Waals surface area contributed by atoms with E-state index in [9.17, 15) is 13.5 Å². The van der Waals surface area contributed by atoms with E-state index in [0.29, 0.717) is 12.8 Å². The average molecular weight is 233 g/mol. The SMILES string of the molecule is CCC(O)CCNS(=O)(=O)c1cn[nH]c1. The van der Waals surface area contributed by atoms with Crippen LogP contribution in [0, 0.1) is 0 Å². The molecule has 0 aliphatic heterocycles. The molecule has 0 aromatic carbocycles. The molecule has 0 saturated heterocycles. The Hall–Kier alpha value is -0.920. The van der Waals surface area contributed by atoms with E-state index in [-0.39, 0.29) is 11.4 Å². The molecule has 1 unspecified atom stereocenters. The van der Waals surface area contributed by atoms with Gasteiger partial charge in [0.15, 0.2) is 0 Å². The molecule has 0 aliphatic rings. The van der Waals surface area contributed by atoms with Crippen molar-refractivity contribution >= 4 is 10.0 Å². The van der Waals surface area contributed by atoms with Crippen molar-refractivity contribution in [2.24, 2.45) is 0 Å². The lowest BCUT2D eigenvalue weighted by molar-refractivity contribution is 0.162. The molecule has 6 nitrogen and oxygen atoms in total. The summed E-state index contributed by atoms with van der Waals surface area (Å²) in [7, 11) is -3.48. The molecule has 1 aromatic rings. The predicted molar refractivity (Wildman–Crippen MR) is 54.7 cm³/mol. The van der Waals surface area contributed by atoms with Gasteiger partial charge in [-0.3, -0.25) is 5.10 Å². The first-order valence-electron chi connectivity index (χ1n) is 4.72. The largest absolute Gasteiger partial charge is 0.393 e. The Labute approximate surface area is 88.8 Å². The van der Waals surface area contributed by atoms with E-state index in [0.717, 1.165) is 0 Å². The van der Waals surface area contributed by atoms with Crippen molar-refractivity contribution in [3.63, 3.8) is 0 Å². The van der Waals surface area contributed by atoms with Crippen molar-refractivity contribution in [1.82, 2.24) is 14.9 Å². The van der Waals surface area contributed by atoms with E-state index < -0.39 is 16.1 Å². The zero-order chi connectivity index (χ0) is 11.3. The highest BCUT2D eigenvalue weighted by molar-refractivity contribution is 7.89. The van der Waals surface area contributed by atoms with Crippen molar-refractivity contribution in [2.75, 3.05) is 6.54 Å². The van der Waals surface area contributed by atoms with E-state index in [1.807, 2.05) is 6.92 Å². The quantitative estimate of drug-likeness (QED) is 0.636. The molecule has 15 heavy (non-hydrogen) atoms. The summed E-state index contributed by atoms with van der Waals surface area (Å²) in [5.41, 5.74) is 0. The number of sulfonamides is 1. The molecule has 0 spiro atoms. The van der Waals surface area contributed by atoms with Crippen LogP contribution in [-0.2, 0) is 10.0 Å². The molecule has 86 valence electrons. The molecule has 0 bridgehead atoms. The van der Waals surface area contributed by atoms with Crippen LogP contribution in [0.1, 0.15) is 19.8 Å². The molecule has 1 atom stereocenters. The zero-order valence-corrected chi connectivity index (χ0v) is 9.29. The number of rotatable bonds is 6. The number of hydrogen-bond acceptors (Lipinski definition) is 4. The molecule has 0 aliphatic carbocycles. The Morgan fingerprint density at radius 2 is 2.40 bits per heavy atom. The van der Waals surface area contributed by atoms with Crippen molar-refractivity contribution in [2.45, 2.75) is 30.8 Å². The third-order valence-corrected chi connectivity index (χ3v) is 3.45. The minimum absolute atomic E-state index is 0.105. The first kappa shape index (κ1) is 12.2. The van der Waals surface area contributed by atoms with Crippen molar-refractivity contribution in [3.8, 4) is 0 Å². The van der Waals surface area contributed by atoms with Gasteiger partial charge in [0.1, 0.15) is 4.90 Å². The third-order valence-electron chi connectivity index (χ3n) is 2.02. The topological polar surface area (TPSA) is 95.1 Å². The Morgan fingerprint density at radius 1 is 1.67 bits per heavy atom. The molecule has 1 heterocycles. The standard InChI is InChI=1S/C8H15N3O3S/c1-2-7(12)3-4-11-15(13,14)8-5-9-10-6-8/h5-7,11-12H,2-4H2,1H3,(H,9,10). The number of nitrogens with zero attached hydrogens (tertiary/aromatic N) is 1. The summed E-state index contributed by atoms with van der Waals surface area (Å²) < 4.78 is 25.4. The second kappa shape index (κ2) is 5.24. The number of aliphatic hydroxyl groups excluding tert-OH is 1.